The van der Waals surface area contributed by atoms with E-state index < -0.39 is 5.97 Å². The zero-order chi connectivity index (χ0) is 15.7. The molecule has 8 heteroatoms. The summed E-state index contributed by atoms with van der Waals surface area (Å²) in [5.74, 6) is -1.04. The lowest BCUT2D eigenvalue weighted by Crippen LogP contribution is -1.96. The number of benzene rings is 1. The highest BCUT2D eigenvalue weighted by molar-refractivity contribution is 6.42. The van der Waals surface area contributed by atoms with E-state index in [0.29, 0.717) is 21.4 Å². The lowest BCUT2D eigenvalue weighted by atomic mass is 10.3. The van der Waals surface area contributed by atoms with Crippen LogP contribution >= 0.6 is 23.2 Å². The third-order valence-electron chi connectivity index (χ3n) is 2.87. The molecule has 3 aromatic rings. The van der Waals surface area contributed by atoms with E-state index in [2.05, 4.69) is 15.2 Å². The van der Waals surface area contributed by atoms with Gasteiger partial charge < -0.3 is 5.11 Å². The van der Waals surface area contributed by atoms with Crippen LogP contribution in [0.4, 0.5) is 11.5 Å². The first-order valence-electron chi connectivity index (χ1n) is 6.13. The van der Waals surface area contributed by atoms with Crippen LogP contribution in [0.25, 0.3) is 5.65 Å². The van der Waals surface area contributed by atoms with E-state index in [9.17, 15) is 9.90 Å². The van der Waals surface area contributed by atoms with Crippen molar-refractivity contribution in [3.63, 3.8) is 0 Å². The van der Waals surface area contributed by atoms with Crippen molar-refractivity contribution in [3.8, 4) is 0 Å². The third kappa shape index (κ3) is 2.66. The van der Waals surface area contributed by atoms with Gasteiger partial charge in [-0.3, -0.25) is 4.40 Å². The van der Waals surface area contributed by atoms with Gasteiger partial charge in [0.05, 0.1) is 15.7 Å². The highest BCUT2D eigenvalue weighted by Crippen LogP contribution is 2.29. The van der Waals surface area contributed by atoms with Crippen LogP contribution in [-0.2, 0) is 0 Å². The molecule has 0 radical (unpaired) electrons. The molecule has 22 heavy (non-hydrogen) atoms. The summed E-state index contributed by atoms with van der Waals surface area (Å²) in [4.78, 5) is 15.3. The van der Waals surface area contributed by atoms with Gasteiger partial charge in [-0.05, 0) is 30.3 Å². The van der Waals surface area contributed by atoms with Crippen LogP contribution in [-0.4, -0.2) is 20.5 Å². The second-order valence-electron chi connectivity index (χ2n) is 4.32. The van der Waals surface area contributed by atoms with Crippen molar-refractivity contribution < 1.29 is 9.90 Å². The number of rotatable bonds is 3. The Bertz CT molecular complexity index is 905. The van der Waals surface area contributed by atoms with Crippen LogP contribution in [0.1, 0.15) is 10.5 Å². The summed E-state index contributed by atoms with van der Waals surface area (Å²) in [7, 11) is 0. The summed E-state index contributed by atoms with van der Waals surface area (Å²) in [5, 5.41) is 18.0. The maximum atomic E-state index is 11.3. The first-order valence-corrected chi connectivity index (χ1v) is 6.89. The zero-order valence-corrected chi connectivity index (χ0v) is 12.5. The van der Waals surface area contributed by atoms with Gasteiger partial charge in [-0.15, -0.1) is 10.2 Å². The number of azo groups is 1. The molecule has 0 aliphatic heterocycles. The standard InChI is InChI=1S/C14H8Cl2N4O2/c15-9-5-4-8(7-10(9)16)18-19-13-12(14(21)22)17-11-3-1-2-6-20(11)13/h1-7H,(H,21,22). The first-order chi connectivity index (χ1) is 10.6. The van der Waals surface area contributed by atoms with Gasteiger partial charge >= 0.3 is 5.97 Å². The molecule has 0 aliphatic rings. The number of hydrogen-bond acceptors (Lipinski definition) is 4. The van der Waals surface area contributed by atoms with Crippen molar-refractivity contribution in [2.75, 3.05) is 0 Å². The monoisotopic (exact) mass is 334 g/mol. The molecule has 0 saturated heterocycles. The summed E-state index contributed by atoms with van der Waals surface area (Å²) in [6, 6.07) is 9.94. The van der Waals surface area contributed by atoms with Crippen LogP contribution < -0.4 is 0 Å². The molecule has 0 spiro atoms. The Hall–Kier alpha value is -2.44. The molecule has 0 bridgehead atoms. The van der Waals surface area contributed by atoms with E-state index in [0.717, 1.165) is 0 Å². The van der Waals surface area contributed by atoms with Crippen LogP contribution in [0.5, 0.6) is 0 Å². The Morgan fingerprint density at radius 3 is 2.68 bits per heavy atom. The van der Waals surface area contributed by atoms with Crippen LogP contribution in [0.2, 0.25) is 10.0 Å². The third-order valence-corrected chi connectivity index (χ3v) is 3.61. The van der Waals surface area contributed by atoms with Crippen molar-refractivity contribution in [2.24, 2.45) is 10.2 Å². The maximum Gasteiger partial charge on any atom is 0.358 e. The number of aromatic carboxylic acids is 1. The van der Waals surface area contributed by atoms with Crippen LogP contribution in [0, 0.1) is 0 Å². The number of pyridine rings is 1. The van der Waals surface area contributed by atoms with Gasteiger partial charge in [0.1, 0.15) is 5.65 Å². The Morgan fingerprint density at radius 1 is 1.14 bits per heavy atom. The van der Waals surface area contributed by atoms with E-state index in [1.807, 2.05) is 0 Å². The minimum absolute atomic E-state index is 0.133. The predicted octanol–water partition coefficient (Wildman–Crippen LogP) is 4.75. The molecular formula is C14H8Cl2N4O2. The number of aromatic nitrogens is 2. The highest BCUT2D eigenvalue weighted by atomic mass is 35.5. The van der Waals surface area contributed by atoms with Crippen molar-refractivity contribution in [2.45, 2.75) is 0 Å². The molecule has 3 rings (SSSR count). The lowest BCUT2D eigenvalue weighted by molar-refractivity contribution is 0.0692. The highest BCUT2D eigenvalue weighted by Gasteiger charge is 2.17. The number of imidazole rings is 1. The minimum atomic E-state index is -1.17. The average Bonchev–Trinajstić information content (AvgIpc) is 2.87. The molecule has 0 atom stereocenters. The smallest absolute Gasteiger partial charge is 0.358 e. The van der Waals surface area contributed by atoms with Gasteiger partial charge in [0, 0.05) is 6.20 Å². The van der Waals surface area contributed by atoms with Gasteiger partial charge in [-0.25, -0.2) is 9.78 Å². The Morgan fingerprint density at radius 2 is 1.95 bits per heavy atom. The molecular weight excluding hydrogens is 327 g/mol. The van der Waals surface area contributed by atoms with Gasteiger partial charge in [-0.1, -0.05) is 29.3 Å². The number of carbonyl (C=O) groups is 1. The van der Waals surface area contributed by atoms with E-state index in [1.54, 1.807) is 40.9 Å². The Labute approximate surface area is 134 Å². The SMILES string of the molecule is O=C(O)c1nc2ccccn2c1N=Nc1ccc(Cl)c(Cl)c1. The molecule has 0 aliphatic carbocycles. The predicted molar refractivity (Wildman–Crippen MR) is 82.8 cm³/mol. The van der Waals surface area contributed by atoms with Gasteiger partial charge in [0.25, 0.3) is 0 Å². The molecule has 1 aromatic carbocycles. The van der Waals surface area contributed by atoms with Gasteiger partial charge in [-0.2, -0.15) is 0 Å². The second kappa shape index (κ2) is 5.75. The number of halogens is 2. The number of hydrogen-bond donors (Lipinski definition) is 1. The fourth-order valence-electron chi connectivity index (χ4n) is 1.87. The fourth-order valence-corrected chi connectivity index (χ4v) is 2.17. The topological polar surface area (TPSA) is 79.3 Å². The molecule has 0 unspecified atom stereocenters. The summed E-state index contributed by atoms with van der Waals surface area (Å²) < 4.78 is 1.55. The van der Waals surface area contributed by atoms with Crippen molar-refractivity contribution in [1.29, 1.82) is 0 Å². The lowest BCUT2D eigenvalue weighted by Gasteiger charge is -1.98. The largest absolute Gasteiger partial charge is 0.476 e. The summed E-state index contributed by atoms with van der Waals surface area (Å²) in [5.41, 5.74) is 0.759. The quantitative estimate of drug-likeness (QED) is 0.701. The molecule has 110 valence electrons. The molecule has 2 aromatic heterocycles. The van der Waals surface area contributed by atoms with E-state index >= 15 is 0 Å². The summed E-state index contributed by atoms with van der Waals surface area (Å²) >= 11 is 11.7. The Kier molecular flexibility index (Phi) is 3.79. The summed E-state index contributed by atoms with van der Waals surface area (Å²) in [6.07, 6.45) is 1.66. The maximum absolute atomic E-state index is 11.3. The van der Waals surface area contributed by atoms with Crippen molar-refractivity contribution in [3.05, 3.63) is 58.3 Å². The van der Waals surface area contributed by atoms with E-state index in [-0.39, 0.29) is 11.5 Å². The number of fused-ring (bicyclic) bond motifs is 1. The zero-order valence-electron chi connectivity index (χ0n) is 10.9. The number of carboxylic acids is 1. The summed E-state index contributed by atoms with van der Waals surface area (Å²) in [6.45, 7) is 0. The van der Waals surface area contributed by atoms with Crippen molar-refractivity contribution >= 4 is 46.3 Å². The number of carboxylic acid groups (broad SMARTS) is 1. The Balaban J connectivity index is 2.09. The fraction of sp³-hybridized carbons (Fsp3) is 0. The second-order valence-corrected chi connectivity index (χ2v) is 5.13. The molecule has 0 fully saturated rings. The van der Waals surface area contributed by atoms with Gasteiger partial charge in [0.2, 0.25) is 0 Å². The number of nitrogens with zero attached hydrogens (tertiary/aromatic N) is 4. The van der Waals surface area contributed by atoms with Crippen LogP contribution in [0.15, 0.2) is 52.8 Å². The molecule has 1 N–H and O–H groups in total. The molecule has 0 saturated carbocycles. The normalized spacial score (nSPS) is 11.4. The van der Waals surface area contributed by atoms with Crippen molar-refractivity contribution in [1.82, 2.24) is 9.38 Å². The first kappa shape index (κ1) is 14.5. The average molecular weight is 335 g/mol. The van der Waals surface area contributed by atoms with Crippen LogP contribution in [0.3, 0.4) is 0 Å². The van der Waals surface area contributed by atoms with E-state index in [4.69, 9.17) is 23.2 Å². The van der Waals surface area contributed by atoms with Gasteiger partial charge in [0.15, 0.2) is 11.5 Å². The van der Waals surface area contributed by atoms with E-state index in [1.165, 1.54) is 6.07 Å². The molecule has 0 amide bonds. The molecule has 2 heterocycles. The molecule has 6 nitrogen and oxygen atoms in total. The minimum Gasteiger partial charge on any atom is -0.476 e.